The second-order valence-corrected chi connectivity index (χ2v) is 16.2. The number of aliphatic imine (C=N–C) groups is 1. The van der Waals surface area contributed by atoms with Gasteiger partial charge in [0.15, 0.2) is 11.7 Å². The van der Waals surface area contributed by atoms with Gasteiger partial charge in [0.25, 0.3) is 0 Å². The third kappa shape index (κ3) is 4.91. The van der Waals surface area contributed by atoms with E-state index >= 15 is 0 Å². The molecule has 0 saturated heterocycles. The molecular weight excluding hydrogens is 586 g/mol. The molecule has 0 unspecified atom stereocenters. The van der Waals surface area contributed by atoms with Gasteiger partial charge in [0.2, 0.25) is 0 Å². The summed E-state index contributed by atoms with van der Waals surface area (Å²) in [4.78, 5) is 44.1. The minimum Gasteiger partial charge on any atom is -0.478 e. The van der Waals surface area contributed by atoms with Crippen molar-refractivity contribution in [2.45, 2.75) is 118 Å². The van der Waals surface area contributed by atoms with Crippen LogP contribution >= 0.6 is 0 Å². The van der Waals surface area contributed by atoms with Crippen LogP contribution in [0.2, 0.25) is 0 Å². The minimum atomic E-state index is -1.19. The Labute approximate surface area is 272 Å². The van der Waals surface area contributed by atoms with Gasteiger partial charge >= 0.3 is 5.97 Å². The van der Waals surface area contributed by atoms with Gasteiger partial charge in [-0.2, -0.15) is 0 Å². The number of allylic oxidation sites excluding steroid dienone is 1. The summed E-state index contributed by atoms with van der Waals surface area (Å²) in [5, 5.41) is 44.9. The molecule has 0 radical (unpaired) electrons. The molecule has 256 valence electrons. The normalized spacial score (nSPS) is 41.8. The average Bonchev–Trinajstić information content (AvgIpc) is 3.58. The Morgan fingerprint density at radius 3 is 2.30 bits per heavy atom. The molecule has 5 aliphatic rings. The van der Waals surface area contributed by atoms with Gasteiger partial charge in [0.1, 0.15) is 5.78 Å². The predicted octanol–water partition coefficient (Wildman–Crippen LogP) is 3.51. The molecule has 0 aromatic carbocycles. The summed E-state index contributed by atoms with van der Waals surface area (Å²) >= 11 is 0. The lowest BCUT2D eigenvalue weighted by Gasteiger charge is -2.62. The van der Waals surface area contributed by atoms with E-state index in [1.165, 1.54) is 13.0 Å². The van der Waals surface area contributed by atoms with Crippen molar-refractivity contribution in [3.8, 4) is 0 Å². The number of hydrogen-bond acceptors (Lipinski definition) is 7. The maximum atomic E-state index is 14.6. The number of nitrogens with two attached hydrogens (primary N) is 2. The number of carbonyl (C=O) groups excluding carboxylic acids is 2. The van der Waals surface area contributed by atoms with E-state index in [0.29, 0.717) is 36.8 Å². The number of carbonyl (C=O) groups is 3. The van der Waals surface area contributed by atoms with Gasteiger partial charge in [-0.25, -0.2) is 4.79 Å². The predicted molar refractivity (Wildman–Crippen MR) is 174 cm³/mol. The van der Waals surface area contributed by atoms with E-state index in [-0.39, 0.29) is 59.7 Å². The molecule has 0 bridgehead atoms. The molecule has 11 atom stereocenters. The van der Waals surface area contributed by atoms with Crippen molar-refractivity contribution in [2.75, 3.05) is 6.54 Å². The van der Waals surface area contributed by atoms with Gasteiger partial charge in [-0.05, 0) is 79.8 Å². The molecular formula is C36H55N3O7. The molecule has 5 rings (SSSR count). The van der Waals surface area contributed by atoms with Crippen molar-refractivity contribution in [1.82, 2.24) is 0 Å². The van der Waals surface area contributed by atoms with Crippen LogP contribution in [0.3, 0.4) is 0 Å². The first kappa shape index (κ1) is 34.8. The number of hydrogen-bond donors (Lipinski definition) is 6. The standard InChI is InChI=1S/C36H55N3O7/c1-18(31(45)46)13-23(40)21(17-39-32(37)38)19(2)22-14-28(44)36(6)30-24(41)15-26-33(3,29(30)25(42)16-34(22,36)4)12-11-27(43)35(26,5)20-9-7-8-10-20/h13,19-24,26,28,40-41,44H,7-12,14-17H2,1-6H3,(H,45,46)(H4,37,38,39)/b18-13+/t19-,21+,22-,23-,24-,26+,28+,33+,34-,35+,36+/m1/s1. The fourth-order valence-electron chi connectivity index (χ4n) is 11.5. The van der Waals surface area contributed by atoms with Crippen molar-refractivity contribution >= 4 is 23.5 Å². The number of Topliss-reactive ketones (excluding diaryl/α,β-unsaturated/α-hetero) is 2. The van der Waals surface area contributed by atoms with Gasteiger partial charge < -0.3 is 31.9 Å². The molecule has 0 aromatic heterocycles. The zero-order valence-electron chi connectivity index (χ0n) is 28.4. The van der Waals surface area contributed by atoms with Gasteiger partial charge in [0, 0.05) is 52.7 Å². The first-order valence-electron chi connectivity index (χ1n) is 17.2. The Bertz CT molecular complexity index is 1380. The highest BCUT2D eigenvalue weighted by molar-refractivity contribution is 6.01. The highest BCUT2D eigenvalue weighted by Gasteiger charge is 2.71. The molecule has 3 saturated carbocycles. The van der Waals surface area contributed by atoms with Crippen LogP contribution in [0.1, 0.15) is 99.3 Å². The number of carboxylic acid groups (broad SMARTS) is 1. The molecule has 10 nitrogen and oxygen atoms in total. The van der Waals surface area contributed by atoms with Crippen molar-refractivity contribution < 1.29 is 34.8 Å². The Balaban J connectivity index is 1.59. The van der Waals surface area contributed by atoms with Gasteiger partial charge in [-0.3, -0.25) is 14.6 Å². The number of fused-ring (bicyclic) bond motifs is 4. The van der Waals surface area contributed by atoms with Crippen LogP contribution in [0.25, 0.3) is 0 Å². The Kier molecular flexibility index (Phi) is 8.95. The fraction of sp³-hybridized carbons (Fsp3) is 0.778. The van der Waals surface area contributed by atoms with E-state index in [9.17, 15) is 34.8 Å². The van der Waals surface area contributed by atoms with Crippen molar-refractivity contribution in [3.63, 3.8) is 0 Å². The van der Waals surface area contributed by atoms with Crippen molar-refractivity contribution in [3.05, 3.63) is 22.8 Å². The monoisotopic (exact) mass is 641 g/mol. The SMILES string of the molecule is C/C(=C\[C@@H](O)[C@@H](CN=C(N)N)[C@@H](C)[C@H]1C[C@H](O)[C@@]2(C)C3=C(C(=O)C[C@]12C)[C@@]1(C)CCC(=O)[C@@](C)(C2CCCC2)[C@H]1C[C@H]3O)C(=O)O. The molecule has 0 heterocycles. The van der Waals surface area contributed by atoms with Crippen LogP contribution in [0.15, 0.2) is 27.8 Å². The maximum absolute atomic E-state index is 14.6. The summed E-state index contributed by atoms with van der Waals surface area (Å²) < 4.78 is 0. The number of ketones is 2. The number of carboxylic acids is 1. The number of aliphatic carboxylic acids is 1. The largest absolute Gasteiger partial charge is 0.478 e. The lowest BCUT2D eigenvalue weighted by Crippen LogP contribution is -2.62. The summed E-state index contributed by atoms with van der Waals surface area (Å²) in [6.07, 6.45) is 4.27. The second-order valence-electron chi connectivity index (χ2n) is 16.2. The van der Waals surface area contributed by atoms with Crippen LogP contribution in [-0.2, 0) is 14.4 Å². The number of aliphatic hydroxyl groups excluding tert-OH is 3. The summed E-state index contributed by atoms with van der Waals surface area (Å²) in [5.74, 6) is -2.22. The van der Waals surface area contributed by atoms with Crippen LogP contribution in [0.4, 0.5) is 0 Å². The molecule has 3 fully saturated rings. The number of guanidine groups is 1. The van der Waals surface area contributed by atoms with Crippen LogP contribution in [0, 0.1) is 51.2 Å². The first-order chi connectivity index (χ1) is 21.3. The first-order valence-corrected chi connectivity index (χ1v) is 17.2. The molecule has 8 N–H and O–H groups in total. The van der Waals surface area contributed by atoms with Gasteiger partial charge in [0.05, 0.1) is 18.3 Å². The third-order valence-electron chi connectivity index (χ3n) is 14.3. The smallest absolute Gasteiger partial charge is 0.331 e. The lowest BCUT2D eigenvalue weighted by molar-refractivity contribution is -0.154. The van der Waals surface area contributed by atoms with Gasteiger partial charge in [-0.1, -0.05) is 47.5 Å². The summed E-state index contributed by atoms with van der Waals surface area (Å²) in [5.41, 5.74) is 9.66. The van der Waals surface area contributed by atoms with E-state index < -0.39 is 51.9 Å². The topological polar surface area (TPSA) is 197 Å². The number of rotatable bonds is 8. The Morgan fingerprint density at radius 2 is 1.72 bits per heavy atom. The van der Waals surface area contributed by atoms with E-state index in [4.69, 9.17) is 11.5 Å². The fourth-order valence-corrected chi connectivity index (χ4v) is 11.5. The van der Waals surface area contributed by atoms with E-state index in [2.05, 4.69) is 18.8 Å². The molecule has 0 aliphatic heterocycles. The number of nitrogens with zero attached hydrogens (tertiary/aromatic N) is 1. The Morgan fingerprint density at radius 1 is 1.09 bits per heavy atom. The quantitative estimate of drug-likeness (QED) is 0.131. The van der Waals surface area contributed by atoms with Crippen LogP contribution in [-0.4, -0.2) is 68.8 Å². The van der Waals surface area contributed by atoms with Gasteiger partial charge in [-0.15, -0.1) is 0 Å². The molecule has 10 heteroatoms. The van der Waals surface area contributed by atoms with E-state index in [0.717, 1.165) is 25.7 Å². The second kappa shape index (κ2) is 11.8. The maximum Gasteiger partial charge on any atom is 0.331 e. The highest BCUT2D eigenvalue weighted by Crippen LogP contribution is 2.72. The summed E-state index contributed by atoms with van der Waals surface area (Å²) in [7, 11) is 0. The van der Waals surface area contributed by atoms with Crippen molar-refractivity contribution in [2.24, 2.45) is 67.7 Å². The number of aliphatic hydroxyl groups is 3. The zero-order chi connectivity index (χ0) is 34.1. The lowest BCUT2D eigenvalue weighted by atomic mass is 9.41. The zero-order valence-corrected chi connectivity index (χ0v) is 28.4. The van der Waals surface area contributed by atoms with Crippen LogP contribution in [0.5, 0.6) is 0 Å². The Hall–Kier alpha value is -2.56. The van der Waals surface area contributed by atoms with Crippen molar-refractivity contribution in [1.29, 1.82) is 0 Å². The molecule has 0 amide bonds. The molecule has 5 aliphatic carbocycles. The molecule has 0 spiro atoms. The highest BCUT2D eigenvalue weighted by atomic mass is 16.4. The molecule has 0 aromatic rings. The van der Waals surface area contributed by atoms with E-state index in [1.807, 2.05) is 20.8 Å². The van der Waals surface area contributed by atoms with E-state index in [1.54, 1.807) is 0 Å². The minimum absolute atomic E-state index is 0.0109. The third-order valence-corrected chi connectivity index (χ3v) is 14.3. The summed E-state index contributed by atoms with van der Waals surface area (Å²) in [6.45, 7) is 11.6. The molecule has 46 heavy (non-hydrogen) atoms. The van der Waals surface area contributed by atoms with Crippen LogP contribution < -0.4 is 11.5 Å². The average molecular weight is 642 g/mol. The summed E-state index contributed by atoms with van der Waals surface area (Å²) in [6, 6.07) is 0.